The highest BCUT2D eigenvalue weighted by atomic mass is 16.5. The Kier molecular flexibility index (Phi) is 4.56. The number of anilines is 1. The van der Waals surface area contributed by atoms with E-state index in [0.717, 1.165) is 29.4 Å². The number of aryl methyl sites for hydroxylation is 3. The minimum Gasteiger partial charge on any atom is -0.485 e. The predicted octanol–water partition coefficient (Wildman–Crippen LogP) is 3.41. The molecule has 0 saturated heterocycles. The van der Waals surface area contributed by atoms with Crippen LogP contribution in [0, 0.1) is 20.8 Å². The summed E-state index contributed by atoms with van der Waals surface area (Å²) < 4.78 is 5.84. The molecule has 0 saturated carbocycles. The maximum atomic E-state index is 5.84. The van der Waals surface area contributed by atoms with E-state index in [-0.39, 0.29) is 0 Å². The van der Waals surface area contributed by atoms with Crippen LogP contribution in [0.4, 0.5) is 5.82 Å². The molecule has 1 heterocycles. The zero-order chi connectivity index (χ0) is 14.5. The van der Waals surface area contributed by atoms with Crippen molar-refractivity contribution in [1.29, 1.82) is 0 Å². The van der Waals surface area contributed by atoms with Crippen molar-refractivity contribution in [2.24, 2.45) is 0 Å². The van der Waals surface area contributed by atoms with Gasteiger partial charge < -0.3 is 10.1 Å². The van der Waals surface area contributed by atoms with Crippen LogP contribution in [0.25, 0.3) is 0 Å². The number of rotatable bonds is 5. The maximum Gasteiger partial charge on any atom is 0.168 e. The van der Waals surface area contributed by atoms with Gasteiger partial charge >= 0.3 is 0 Å². The minimum atomic E-state index is 0.379. The second kappa shape index (κ2) is 6.37. The Morgan fingerprint density at radius 3 is 2.65 bits per heavy atom. The first-order chi connectivity index (χ1) is 9.58. The van der Waals surface area contributed by atoms with Crippen molar-refractivity contribution >= 4 is 5.82 Å². The van der Waals surface area contributed by atoms with Crippen molar-refractivity contribution in [3.05, 3.63) is 46.9 Å². The molecule has 0 bridgehead atoms. The third kappa shape index (κ3) is 3.70. The second-order valence-corrected chi connectivity index (χ2v) is 4.90. The largest absolute Gasteiger partial charge is 0.485 e. The van der Waals surface area contributed by atoms with Gasteiger partial charge in [0.05, 0.1) is 0 Å². The summed E-state index contributed by atoms with van der Waals surface area (Å²) in [6, 6.07) is 8.11. The molecule has 0 amide bonds. The first-order valence-corrected chi connectivity index (χ1v) is 6.87. The lowest BCUT2D eigenvalue weighted by atomic mass is 10.1. The lowest BCUT2D eigenvalue weighted by molar-refractivity contribution is 0.293. The second-order valence-electron chi connectivity index (χ2n) is 4.90. The van der Waals surface area contributed by atoms with Crippen LogP contribution < -0.4 is 10.1 Å². The quantitative estimate of drug-likeness (QED) is 0.905. The van der Waals surface area contributed by atoms with Crippen LogP contribution >= 0.6 is 0 Å². The van der Waals surface area contributed by atoms with Crippen molar-refractivity contribution in [3.8, 4) is 5.75 Å². The Hall–Kier alpha value is -2.10. The molecule has 1 aromatic carbocycles. The van der Waals surface area contributed by atoms with Crippen molar-refractivity contribution in [2.45, 2.75) is 34.3 Å². The van der Waals surface area contributed by atoms with Gasteiger partial charge in [0.25, 0.3) is 0 Å². The highest BCUT2D eigenvalue weighted by Gasteiger charge is 2.05. The summed E-state index contributed by atoms with van der Waals surface area (Å²) in [6.07, 6.45) is 0. The first-order valence-electron chi connectivity index (χ1n) is 6.87. The smallest absolute Gasteiger partial charge is 0.168 e. The van der Waals surface area contributed by atoms with E-state index in [4.69, 9.17) is 4.74 Å². The van der Waals surface area contributed by atoms with Crippen LogP contribution in [0.3, 0.4) is 0 Å². The van der Waals surface area contributed by atoms with Crippen LogP contribution in [0.2, 0.25) is 0 Å². The predicted molar refractivity (Wildman–Crippen MR) is 81.2 cm³/mol. The Morgan fingerprint density at radius 2 is 1.90 bits per heavy atom. The molecule has 0 fully saturated rings. The van der Waals surface area contributed by atoms with E-state index in [2.05, 4.69) is 34.3 Å². The summed E-state index contributed by atoms with van der Waals surface area (Å²) in [5.74, 6) is 2.43. The molecule has 106 valence electrons. The summed E-state index contributed by atoms with van der Waals surface area (Å²) in [5, 5.41) is 3.20. The highest BCUT2D eigenvalue weighted by Crippen LogP contribution is 2.20. The molecule has 1 N–H and O–H groups in total. The molecule has 0 aliphatic heterocycles. The van der Waals surface area contributed by atoms with Crippen LogP contribution in [0.1, 0.15) is 29.6 Å². The third-order valence-corrected chi connectivity index (χ3v) is 2.96. The maximum absolute atomic E-state index is 5.84. The third-order valence-electron chi connectivity index (χ3n) is 2.96. The number of ether oxygens (including phenoxy) is 1. The standard InChI is InChI=1S/C16H21N3O/c1-5-17-15-9-13(4)18-16(19-15)10-20-14-8-11(2)6-7-12(14)3/h6-9H,5,10H2,1-4H3,(H,17,18,19). The number of hydrogen-bond donors (Lipinski definition) is 1. The lowest BCUT2D eigenvalue weighted by Crippen LogP contribution is -2.07. The molecule has 2 rings (SSSR count). The van der Waals surface area contributed by atoms with E-state index >= 15 is 0 Å². The normalized spacial score (nSPS) is 10.4. The van der Waals surface area contributed by atoms with Gasteiger partial charge in [0.1, 0.15) is 18.2 Å². The summed E-state index contributed by atoms with van der Waals surface area (Å²) in [7, 11) is 0. The molecule has 1 aromatic heterocycles. The number of benzene rings is 1. The molecule has 4 nitrogen and oxygen atoms in total. The fourth-order valence-electron chi connectivity index (χ4n) is 1.97. The van der Waals surface area contributed by atoms with Crippen molar-refractivity contribution < 1.29 is 4.74 Å². The minimum absolute atomic E-state index is 0.379. The summed E-state index contributed by atoms with van der Waals surface area (Å²) in [5.41, 5.74) is 3.25. The monoisotopic (exact) mass is 271 g/mol. The zero-order valence-electron chi connectivity index (χ0n) is 12.5. The SMILES string of the molecule is CCNc1cc(C)nc(COc2cc(C)ccc2C)n1. The Balaban J connectivity index is 2.12. The average Bonchev–Trinajstić information content (AvgIpc) is 2.40. The van der Waals surface area contributed by atoms with Crippen LogP contribution in [-0.4, -0.2) is 16.5 Å². The van der Waals surface area contributed by atoms with Gasteiger partial charge in [-0.25, -0.2) is 9.97 Å². The van der Waals surface area contributed by atoms with Crippen molar-refractivity contribution in [3.63, 3.8) is 0 Å². The molecule has 0 aliphatic carbocycles. The first kappa shape index (κ1) is 14.3. The molecule has 2 aromatic rings. The molecule has 0 aliphatic rings. The topological polar surface area (TPSA) is 47.0 Å². The zero-order valence-corrected chi connectivity index (χ0v) is 12.5. The molecule has 0 spiro atoms. The summed E-state index contributed by atoms with van der Waals surface area (Å²) in [4.78, 5) is 8.85. The molecular weight excluding hydrogens is 250 g/mol. The summed E-state index contributed by atoms with van der Waals surface area (Å²) >= 11 is 0. The Morgan fingerprint density at radius 1 is 1.10 bits per heavy atom. The number of nitrogens with one attached hydrogen (secondary N) is 1. The van der Waals surface area contributed by atoms with Gasteiger partial charge in [-0.2, -0.15) is 0 Å². The van der Waals surface area contributed by atoms with E-state index < -0.39 is 0 Å². The Bertz CT molecular complexity index is 596. The molecule has 0 atom stereocenters. The van der Waals surface area contributed by atoms with Gasteiger partial charge in [0.15, 0.2) is 5.82 Å². The lowest BCUT2D eigenvalue weighted by Gasteiger charge is -2.11. The van der Waals surface area contributed by atoms with Gasteiger partial charge in [0.2, 0.25) is 0 Å². The number of hydrogen-bond acceptors (Lipinski definition) is 4. The van der Waals surface area contributed by atoms with Gasteiger partial charge in [-0.05, 0) is 44.9 Å². The van der Waals surface area contributed by atoms with Crippen molar-refractivity contribution in [1.82, 2.24) is 9.97 Å². The van der Waals surface area contributed by atoms with E-state index in [9.17, 15) is 0 Å². The fourth-order valence-corrected chi connectivity index (χ4v) is 1.97. The Labute approximate surface area is 120 Å². The molecule has 4 heteroatoms. The molecule has 20 heavy (non-hydrogen) atoms. The molecule has 0 radical (unpaired) electrons. The molecular formula is C16H21N3O. The number of nitrogens with zero attached hydrogens (tertiary/aromatic N) is 2. The van der Waals surface area contributed by atoms with E-state index in [1.54, 1.807) is 0 Å². The van der Waals surface area contributed by atoms with Gasteiger partial charge in [-0.3, -0.25) is 0 Å². The van der Waals surface area contributed by atoms with Crippen LogP contribution in [0.15, 0.2) is 24.3 Å². The van der Waals surface area contributed by atoms with Gasteiger partial charge in [-0.15, -0.1) is 0 Å². The summed E-state index contributed by atoms with van der Waals surface area (Å²) in [6.45, 7) is 9.32. The molecule has 0 unspecified atom stereocenters. The van der Waals surface area contributed by atoms with Crippen LogP contribution in [-0.2, 0) is 6.61 Å². The van der Waals surface area contributed by atoms with Crippen molar-refractivity contribution in [2.75, 3.05) is 11.9 Å². The van der Waals surface area contributed by atoms with E-state index in [1.165, 1.54) is 5.56 Å². The number of aromatic nitrogens is 2. The fraction of sp³-hybridized carbons (Fsp3) is 0.375. The highest BCUT2D eigenvalue weighted by molar-refractivity contribution is 5.37. The van der Waals surface area contributed by atoms with E-state index in [0.29, 0.717) is 12.4 Å². The van der Waals surface area contributed by atoms with Gasteiger partial charge in [-0.1, -0.05) is 12.1 Å². The average molecular weight is 271 g/mol. The van der Waals surface area contributed by atoms with Gasteiger partial charge in [0, 0.05) is 18.3 Å². The van der Waals surface area contributed by atoms with E-state index in [1.807, 2.05) is 32.9 Å². The van der Waals surface area contributed by atoms with Crippen LogP contribution in [0.5, 0.6) is 5.75 Å².